The van der Waals surface area contributed by atoms with Crippen LogP contribution in [0, 0.1) is 0 Å². The van der Waals surface area contributed by atoms with Crippen molar-refractivity contribution in [3.8, 4) is 0 Å². The van der Waals surface area contributed by atoms with Gasteiger partial charge in [-0.05, 0) is 24.8 Å². The number of carbonyl (C=O) groups excluding carboxylic acids is 1. The average molecular weight is 299 g/mol. The minimum Gasteiger partial charge on any atom is -0.352 e. The van der Waals surface area contributed by atoms with E-state index >= 15 is 0 Å². The van der Waals surface area contributed by atoms with Crippen molar-refractivity contribution in [1.82, 2.24) is 5.32 Å². The van der Waals surface area contributed by atoms with Crippen molar-refractivity contribution in [2.45, 2.75) is 58.0 Å². The van der Waals surface area contributed by atoms with E-state index in [2.05, 4.69) is 24.4 Å². The molecule has 0 radical (unpaired) electrons. The Bertz CT molecular complexity index is 370. The first-order valence-electron chi connectivity index (χ1n) is 7.27. The zero-order chi connectivity index (χ0) is 14.1. The maximum Gasteiger partial charge on any atom is 0.237 e. The lowest BCUT2D eigenvalue weighted by molar-refractivity contribution is -0.123. The summed E-state index contributed by atoms with van der Waals surface area (Å²) in [6.45, 7) is 4.18. The molecule has 0 saturated carbocycles. The van der Waals surface area contributed by atoms with Crippen LogP contribution in [0.2, 0.25) is 0 Å². The van der Waals surface area contributed by atoms with E-state index in [0.29, 0.717) is 0 Å². The van der Waals surface area contributed by atoms with Gasteiger partial charge in [0, 0.05) is 6.04 Å². The molecule has 0 fully saturated rings. The average Bonchev–Trinajstić information content (AvgIpc) is 2.40. The van der Waals surface area contributed by atoms with Crippen LogP contribution in [0.3, 0.4) is 0 Å². The highest BCUT2D eigenvalue weighted by Gasteiger charge is 2.17. The normalized spacial score (nSPS) is 13.2. The molecule has 114 valence electrons. The van der Waals surface area contributed by atoms with E-state index in [1.165, 1.54) is 5.56 Å². The van der Waals surface area contributed by atoms with E-state index in [-0.39, 0.29) is 30.4 Å². The van der Waals surface area contributed by atoms with Crippen LogP contribution in [0.1, 0.15) is 45.1 Å². The van der Waals surface area contributed by atoms with Crippen LogP contribution in [0.4, 0.5) is 0 Å². The summed E-state index contributed by atoms with van der Waals surface area (Å²) in [7, 11) is 0. The minimum atomic E-state index is -0.375. The molecule has 0 spiro atoms. The molecule has 20 heavy (non-hydrogen) atoms. The Morgan fingerprint density at radius 3 is 2.30 bits per heavy atom. The predicted octanol–water partition coefficient (Wildman–Crippen LogP) is 3.06. The van der Waals surface area contributed by atoms with Crippen molar-refractivity contribution in [3.05, 3.63) is 35.9 Å². The van der Waals surface area contributed by atoms with E-state index in [0.717, 1.165) is 32.1 Å². The smallest absolute Gasteiger partial charge is 0.237 e. The summed E-state index contributed by atoms with van der Waals surface area (Å²) in [5.41, 5.74) is 7.11. The van der Waals surface area contributed by atoms with Gasteiger partial charge < -0.3 is 11.1 Å². The van der Waals surface area contributed by atoms with Crippen molar-refractivity contribution in [2.24, 2.45) is 5.73 Å². The molecular weight excluding hydrogens is 272 g/mol. The summed E-state index contributed by atoms with van der Waals surface area (Å²) in [6.07, 6.45) is 4.60. The number of amides is 1. The zero-order valence-electron chi connectivity index (χ0n) is 12.5. The molecule has 1 rings (SSSR count). The second kappa shape index (κ2) is 10.7. The van der Waals surface area contributed by atoms with E-state index in [1.807, 2.05) is 25.1 Å². The number of hydrogen-bond acceptors (Lipinski definition) is 2. The van der Waals surface area contributed by atoms with Gasteiger partial charge in [0.25, 0.3) is 0 Å². The van der Waals surface area contributed by atoms with Gasteiger partial charge in [0.1, 0.15) is 0 Å². The summed E-state index contributed by atoms with van der Waals surface area (Å²) in [5, 5.41) is 3.09. The molecule has 0 aliphatic carbocycles. The Balaban J connectivity index is 0.00000361. The molecule has 0 bridgehead atoms. The SMILES string of the molecule is CCCC(Cc1ccccc1)NC(=O)C(N)CCC.Cl. The highest BCUT2D eigenvalue weighted by molar-refractivity contribution is 5.85. The summed E-state index contributed by atoms with van der Waals surface area (Å²) >= 11 is 0. The molecule has 2 unspecified atom stereocenters. The molecule has 0 saturated heterocycles. The van der Waals surface area contributed by atoms with Gasteiger partial charge in [-0.1, -0.05) is 57.0 Å². The Morgan fingerprint density at radius 1 is 1.15 bits per heavy atom. The van der Waals surface area contributed by atoms with Crippen molar-refractivity contribution < 1.29 is 4.79 Å². The molecule has 0 aliphatic rings. The third-order valence-electron chi connectivity index (χ3n) is 3.24. The number of nitrogens with one attached hydrogen (secondary N) is 1. The number of halogens is 1. The number of benzene rings is 1. The number of rotatable bonds is 8. The molecule has 1 aromatic carbocycles. The van der Waals surface area contributed by atoms with Gasteiger partial charge in [0.15, 0.2) is 0 Å². The first-order valence-corrected chi connectivity index (χ1v) is 7.27. The zero-order valence-corrected chi connectivity index (χ0v) is 13.3. The second-order valence-corrected chi connectivity index (χ2v) is 5.08. The van der Waals surface area contributed by atoms with E-state index < -0.39 is 0 Å². The van der Waals surface area contributed by atoms with Crippen LogP contribution in [0.15, 0.2) is 30.3 Å². The summed E-state index contributed by atoms with van der Waals surface area (Å²) in [4.78, 5) is 12.0. The lowest BCUT2D eigenvalue weighted by Gasteiger charge is -2.20. The van der Waals surface area contributed by atoms with Gasteiger partial charge in [-0.3, -0.25) is 4.79 Å². The molecule has 3 N–H and O–H groups in total. The lowest BCUT2D eigenvalue weighted by atomic mass is 10.0. The topological polar surface area (TPSA) is 55.1 Å². The fraction of sp³-hybridized carbons (Fsp3) is 0.562. The summed E-state index contributed by atoms with van der Waals surface area (Å²) < 4.78 is 0. The van der Waals surface area contributed by atoms with Gasteiger partial charge in [0.05, 0.1) is 6.04 Å². The number of nitrogens with two attached hydrogens (primary N) is 1. The maximum absolute atomic E-state index is 12.0. The molecule has 3 nitrogen and oxygen atoms in total. The van der Waals surface area contributed by atoms with Gasteiger partial charge in [-0.25, -0.2) is 0 Å². The number of hydrogen-bond donors (Lipinski definition) is 2. The molecule has 0 aromatic heterocycles. The highest BCUT2D eigenvalue weighted by Crippen LogP contribution is 2.08. The molecule has 1 amide bonds. The van der Waals surface area contributed by atoms with Crippen molar-refractivity contribution in [1.29, 1.82) is 0 Å². The standard InChI is InChI=1S/C16H26N2O.ClH/c1-3-8-14(12-13-10-6-5-7-11-13)18-16(19)15(17)9-4-2;/h5-7,10-11,14-15H,3-4,8-9,12,17H2,1-2H3,(H,18,19);1H. The maximum atomic E-state index is 12.0. The van der Waals surface area contributed by atoms with Gasteiger partial charge in [-0.2, -0.15) is 0 Å². The molecular formula is C16H27ClN2O. The minimum absolute atomic E-state index is 0. The largest absolute Gasteiger partial charge is 0.352 e. The molecule has 0 aliphatic heterocycles. The lowest BCUT2D eigenvalue weighted by Crippen LogP contribution is -2.46. The molecule has 0 heterocycles. The molecule has 1 aromatic rings. The van der Waals surface area contributed by atoms with Gasteiger partial charge in [-0.15, -0.1) is 12.4 Å². The van der Waals surface area contributed by atoms with Crippen LogP contribution in [0.25, 0.3) is 0 Å². The second-order valence-electron chi connectivity index (χ2n) is 5.08. The first kappa shape index (κ1) is 18.9. The van der Waals surface area contributed by atoms with Crippen molar-refractivity contribution >= 4 is 18.3 Å². The van der Waals surface area contributed by atoms with Gasteiger partial charge in [0.2, 0.25) is 5.91 Å². The van der Waals surface area contributed by atoms with Crippen LogP contribution in [-0.4, -0.2) is 18.0 Å². The highest BCUT2D eigenvalue weighted by atomic mass is 35.5. The quantitative estimate of drug-likeness (QED) is 0.775. The van der Waals surface area contributed by atoms with Crippen LogP contribution >= 0.6 is 12.4 Å². The fourth-order valence-electron chi connectivity index (χ4n) is 2.22. The van der Waals surface area contributed by atoms with Gasteiger partial charge >= 0.3 is 0 Å². The Morgan fingerprint density at radius 2 is 1.75 bits per heavy atom. The Labute approximate surface area is 128 Å². The monoisotopic (exact) mass is 298 g/mol. The third-order valence-corrected chi connectivity index (χ3v) is 3.24. The van der Waals surface area contributed by atoms with Crippen molar-refractivity contribution in [2.75, 3.05) is 0 Å². The fourth-order valence-corrected chi connectivity index (χ4v) is 2.22. The summed E-state index contributed by atoms with van der Waals surface area (Å²) in [6, 6.07) is 10.1. The Hall–Kier alpha value is -1.06. The van der Waals surface area contributed by atoms with E-state index in [4.69, 9.17) is 5.73 Å². The summed E-state index contributed by atoms with van der Waals surface area (Å²) in [5.74, 6) is -0.0174. The van der Waals surface area contributed by atoms with Crippen LogP contribution < -0.4 is 11.1 Å². The Kier molecular flexibility index (Phi) is 10.1. The van der Waals surface area contributed by atoms with Crippen LogP contribution in [0.5, 0.6) is 0 Å². The number of carbonyl (C=O) groups is 1. The van der Waals surface area contributed by atoms with Crippen LogP contribution in [-0.2, 0) is 11.2 Å². The van der Waals surface area contributed by atoms with E-state index in [9.17, 15) is 4.79 Å². The van der Waals surface area contributed by atoms with E-state index in [1.54, 1.807) is 0 Å². The van der Waals surface area contributed by atoms with Crippen molar-refractivity contribution in [3.63, 3.8) is 0 Å². The molecule has 2 atom stereocenters. The third kappa shape index (κ3) is 6.92. The molecule has 4 heteroatoms. The predicted molar refractivity (Wildman–Crippen MR) is 87.1 cm³/mol. The first-order chi connectivity index (χ1) is 9.17.